The number of aromatic nitrogens is 1. The molecule has 0 bridgehead atoms. The van der Waals surface area contributed by atoms with E-state index >= 15 is 0 Å². The largest absolute Gasteiger partial charge is 0.434 e. The minimum Gasteiger partial charge on any atom is -0.352 e. The quantitative estimate of drug-likeness (QED) is 0.416. The van der Waals surface area contributed by atoms with Gasteiger partial charge in [0.05, 0.1) is 6.54 Å². The van der Waals surface area contributed by atoms with E-state index in [1.165, 1.54) is 18.2 Å². The zero-order chi connectivity index (χ0) is 21.7. The number of halogens is 5. The number of rotatable bonds is 5. The van der Waals surface area contributed by atoms with Crippen molar-refractivity contribution in [2.24, 2.45) is 4.99 Å². The molecule has 1 unspecified atom stereocenters. The number of alkyl halides is 3. The van der Waals surface area contributed by atoms with E-state index in [4.69, 9.17) is 0 Å². The number of nitrogens with one attached hydrogen (secondary N) is 2. The second-order valence-electron chi connectivity index (χ2n) is 6.97. The highest BCUT2D eigenvalue weighted by Gasteiger charge is 2.33. The number of likely N-dealkylation sites (tertiary alicyclic amines) is 1. The van der Waals surface area contributed by atoms with Gasteiger partial charge in [-0.05, 0) is 31.5 Å². The molecule has 0 radical (unpaired) electrons. The Morgan fingerprint density at radius 2 is 2.03 bits per heavy atom. The van der Waals surface area contributed by atoms with Crippen LogP contribution in [0.4, 0.5) is 22.0 Å². The highest BCUT2D eigenvalue weighted by molar-refractivity contribution is 7.09. The summed E-state index contributed by atoms with van der Waals surface area (Å²) in [6, 6.07) is 3.81. The summed E-state index contributed by atoms with van der Waals surface area (Å²) in [6.07, 6.45) is -2.78. The first-order chi connectivity index (χ1) is 14.3. The molecule has 1 aliphatic rings. The Morgan fingerprint density at radius 3 is 2.67 bits per heavy atom. The van der Waals surface area contributed by atoms with Crippen molar-refractivity contribution in [3.63, 3.8) is 0 Å². The standard InChI is InChI=1S/C19H22F5N5S/c1-25-18(26-8-17-28-16(11-30-17)19(22,23)24)27-12-4-3-7-29(9-12)10-13-14(20)5-2-6-15(13)21/h2,5-6,11-12H,3-4,7-10H2,1H3,(H2,25,26,27). The number of nitrogens with zero attached hydrogens (tertiary/aromatic N) is 3. The van der Waals surface area contributed by atoms with Gasteiger partial charge in [0.15, 0.2) is 11.7 Å². The average molecular weight is 447 g/mol. The van der Waals surface area contributed by atoms with Crippen molar-refractivity contribution in [3.8, 4) is 0 Å². The van der Waals surface area contributed by atoms with Gasteiger partial charge < -0.3 is 10.6 Å². The van der Waals surface area contributed by atoms with Crippen molar-refractivity contribution in [1.82, 2.24) is 20.5 Å². The number of piperidine rings is 1. The van der Waals surface area contributed by atoms with Gasteiger partial charge in [-0.25, -0.2) is 13.8 Å². The number of benzene rings is 1. The summed E-state index contributed by atoms with van der Waals surface area (Å²) < 4.78 is 65.8. The van der Waals surface area contributed by atoms with E-state index in [2.05, 4.69) is 20.6 Å². The van der Waals surface area contributed by atoms with Crippen molar-refractivity contribution in [1.29, 1.82) is 0 Å². The molecule has 1 atom stereocenters. The molecule has 1 aromatic carbocycles. The normalized spacial score (nSPS) is 18.5. The lowest BCUT2D eigenvalue weighted by atomic mass is 10.0. The number of guanidine groups is 1. The Balaban J connectivity index is 1.53. The lowest BCUT2D eigenvalue weighted by molar-refractivity contribution is -0.140. The Hall–Kier alpha value is -2.27. The van der Waals surface area contributed by atoms with Crippen LogP contribution in [-0.2, 0) is 19.3 Å². The Morgan fingerprint density at radius 1 is 1.30 bits per heavy atom. The summed E-state index contributed by atoms with van der Waals surface area (Å²) in [6.45, 7) is 1.56. The molecule has 2 heterocycles. The predicted octanol–water partition coefficient (Wildman–Crippen LogP) is 3.77. The summed E-state index contributed by atoms with van der Waals surface area (Å²) in [5.74, 6) is -0.698. The molecular formula is C19H22F5N5S. The third kappa shape index (κ3) is 5.88. The molecule has 1 aliphatic heterocycles. The predicted molar refractivity (Wildman–Crippen MR) is 105 cm³/mol. The van der Waals surface area contributed by atoms with E-state index in [-0.39, 0.29) is 24.7 Å². The van der Waals surface area contributed by atoms with Crippen LogP contribution in [0, 0.1) is 11.6 Å². The first kappa shape index (κ1) is 22.4. The zero-order valence-electron chi connectivity index (χ0n) is 16.3. The van der Waals surface area contributed by atoms with Crippen molar-refractivity contribution in [3.05, 3.63) is 51.5 Å². The minimum atomic E-state index is -4.46. The average Bonchev–Trinajstić information content (AvgIpc) is 3.18. The molecule has 1 saturated heterocycles. The van der Waals surface area contributed by atoms with E-state index in [1.54, 1.807) is 7.05 Å². The van der Waals surface area contributed by atoms with Crippen LogP contribution in [0.25, 0.3) is 0 Å². The molecule has 2 N–H and O–H groups in total. The second-order valence-corrected chi connectivity index (χ2v) is 7.91. The maximum absolute atomic E-state index is 13.9. The fraction of sp³-hybridized carbons (Fsp3) is 0.474. The topological polar surface area (TPSA) is 52.6 Å². The van der Waals surface area contributed by atoms with Crippen molar-refractivity contribution < 1.29 is 22.0 Å². The summed E-state index contributed by atoms with van der Waals surface area (Å²) in [7, 11) is 1.56. The molecule has 1 fully saturated rings. The number of hydrogen-bond acceptors (Lipinski definition) is 4. The molecule has 164 valence electrons. The van der Waals surface area contributed by atoms with Gasteiger partial charge >= 0.3 is 6.18 Å². The number of aliphatic imine (C=N–C) groups is 1. The van der Waals surface area contributed by atoms with Crippen molar-refractivity contribution in [2.75, 3.05) is 20.1 Å². The van der Waals surface area contributed by atoms with Crippen LogP contribution >= 0.6 is 11.3 Å². The third-order valence-electron chi connectivity index (χ3n) is 4.76. The Bertz CT molecular complexity index is 862. The van der Waals surface area contributed by atoms with E-state index in [9.17, 15) is 22.0 Å². The molecule has 0 amide bonds. The van der Waals surface area contributed by atoms with Gasteiger partial charge in [-0.1, -0.05) is 6.07 Å². The SMILES string of the molecule is CN=C(NCc1nc(C(F)(F)F)cs1)NC1CCCN(Cc2c(F)cccc2F)C1. The van der Waals surface area contributed by atoms with Gasteiger partial charge in [0, 0.05) is 37.1 Å². The minimum absolute atomic E-state index is 0.0122. The highest BCUT2D eigenvalue weighted by Crippen LogP contribution is 2.29. The number of hydrogen-bond donors (Lipinski definition) is 2. The molecule has 30 heavy (non-hydrogen) atoms. The lowest BCUT2D eigenvalue weighted by Gasteiger charge is -2.34. The van der Waals surface area contributed by atoms with Gasteiger partial charge in [0.1, 0.15) is 16.6 Å². The smallest absolute Gasteiger partial charge is 0.352 e. The molecule has 3 rings (SSSR count). The first-order valence-corrected chi connectivity index (χ1v) is 10.3. The summed E-state index contributed by atoms with van der Waals surface area (Å²) in [5, 5.41) is 7.46. The van der Waals surface area contributed by atoms with Crippen LogP contribution in [0.1, 0.15) is 29.1 Å². The monoisotopic (exact) mass is 447 g/mol. The highest BCUT2D eigenvalue weighted by atomic mass is 32.1. The van der Waals surface area contributed by atoms with Crippen LogP contribution in [0.5, 0.6) is 0 Å². The summed E-state index contributed by atoms with van der Waals surface area (Å²) in [4.78, 5) is 9.64. The lowest BCUT2D eigenvalue weighted by Crippen LogP contribution is -2.50. The molecule has 11 heteroatoms. The summed E-state index contributed by atoms with van der Waals surface area (Å²) in [5.41, 5.74) is -0.861. The Kier molecular flexibility index (Phi) is 7.24. The Labute approximate surface area is 175 Å². The molecular weight excluding hydrogens is 425 g/mol. The van der Waals surface area contributed by atoms with Gasteiger partial charge in [-0.2, -0.15) is 13.2 Å². The maximum Gasteiger partial charge on any atom is 0.434 e. The molecule has 0 saturated carbocycles. The van der Waals surface area contributed by atoms with Crippen molar-refractivity contribution >= 4 is 17.3 Å². The van der Waals surface area contributed by atoms with Crippen LogP contribution in [-0.4, -0.2) is 42.0 Å². The van der Waals surface area contributed by atoms with E-state index in [0.717, 1.165) is 36.1 Å². The number of thiazole rings is 1. The van der Waals surface area contributed by atoms with Crippen LogP contribution in [0.2, 0.25) is 0 Å². The van der Waals surface area contributed by atoms with Gasteiger partial charge in [-0.3, -0.25) is 9.89 Å². The van der Waals surface area contributed by atoms with Crippen LogP contribution in [0.15, 0.2) is 28.6 Å². The van der Waals surface area contributed by atoms with Crippen LogP contribution < -0.4 is 10.6 Å². The van der Waals surface area contributed by atoms with Gasteiger partial charge in [-0.15, -0.1) is 11.3 Å². The van der Waals surface area contributed by atoms with E-state index in [1.807, 2.05) is 4.90 Å². The van der Waals surface area contributed by atoms with Gasteiger partial charge in [0.25, 0.3) is 0 Å². The fourth-order valence-corrected chi connectivity index (χ4v) is 4.03. The van der Waals surface area contributed by atoms with E-state index < -0.39 is 23.5 Å². The van der Waals surface area contributed by atoms with Gasteiger partial charge in [0.2, 0.25) is 0 Å². The summed E-state index contributed by atoms with van der Waals surface area (Å²) >= 11 is 0.924. The maximum atomic E-state index is 13.9. The molecule has 1 aromatic heterocycles. The van der Waals surface area contributed by atoms with Crippen LogP contribution in [0.3, 0.4) is 0 Å². The molecule has 2 aromatic rings. The van der Waals surface area contributed by atoms with Crippen molar-refractivity contribution in [2.45, 2.75) is 38.1 Å². The molecule has 0 spiro atoms. The molecule has 0 aliphatic carbocycles. The second kappa shape index (κ2) is 9.69. The first-order valence-electron chi connectivity index (χ1n) is 9.40. The van der Waals surface area contributed by atoms with E-state index in [0.29, 0.717) is 17.5 Å². The molecule has 5 nitrogen and oxygen atoms in total. The fourth-order valence-electron chi connectivity index (χ4n) is 3.29. The zero-order valence-corrected chi connectivity index (χ0v) is 17.1. The third-order valence-corrected chi connectivity index (χ3v) is 5.61.